The van der Waals surface area contributed by atoms with Gasteiger partial charge in [0.1, 0.15) is 0 Å². The van der Waals surface area contributed by atoms with E-state index in [4.69, 9.17) is 0 Å². The molecule has 0 saturated heterocycles. The molecule has 2 saturated carbocycles. The predicted octanol–water partition coefficient (Wildman–Crippen LogP) is 3.81. The van der Waals surface area contributed by atoms with Gasteiger partial charge in [0.05, 0.1) is 0 Å². The molecule has 2 nitrogen and oxygen atoms in total. The van der Waals surface area contributed by atoms with Crippen molar-refractivity contribution in [2.45, 2.75) is 89.3 Å². The van der Waals surface area contributed by atoms with E-state index in [2.05, 4.69) is 31.2 Å². The summed E-state index contributed by atoms with van der Waals surface area (Å²) in [5, 5.41) is 3.59. The van der Waals surface area contributed by atoms with E-state index in [1.54, 1.807) is 0 Å². The largest absolute Gasteiger partial charge is 0.315 e. The number of hydrogen-bond acceptors (Lipinski definition) is 2. The van der Waals surface area contributed by atoms with Gasteiger partial charge in [-0.25, -0.2) is 0 Å². The first-order chi connectivity index (χ1) is 9.26. The third kappa shape index (κ3) is 3.95. The van der Waals surface area contributed by atoms with Crippen LogP contribution in [0.2, 0.25) is 0 Å². The lowest BCUT2D eigenvalue weighted by Gasteiger charge is -2.44. The summed E-state index contributed by atoms with van der Waals surface area (Å²) in [7, 11) is 4.56. The van der Waals surface area contributed by atoms with Crippen molar-refractivity contribution in [3.63, 3.8) is 0 Å². The van der Waals surface area contributed by atoms with Crippen LogP contribution >= 0.6 is 0 Å². The van der Waals surface area contributed by atoms with Gasteiger partial charge in [-0.2, -0.15) is 0 Å². The van der Waals surface area contributed by atoms with Crippen molar-refractivity contribution in [2.75, 3.05) is 14.1 Å². The molecule has 1 N–H and O–H groups in total. The highest BCUT2D eigenvalue weighted by molar-refractivity contribution is 4.91. The molecule has 2 fully saturated rings. The Balaban J connectivity index is 1.98. The summed E-state index contributed by atoms with van der Waals surface area (Å²) < 4.78 is 0. The third-order valence-corrected chi connectivity index (χ3v) is 5.80. The second-order valence-corrected chi connectivity index (χ2v) is 6.86. The minimum absolute atomic E-state index is 0.719. The van der Waals surface area contributed by atoms with Gasteiger partial charge in [-0.05, 0) is 52.1 Å². The zero-order valence-electron chi connectivity index (χ0n) is 13.3. The Labute approximate surface area is 120 Å². The Hall–Kier alpha value is -0.0800. The molecule has 0 amide bonds. The third-order valence-electron chi connectivity index (χ3n) is 5.80. The van der Waals surface area contributed by atoms with E-state index >= 15 is 0 Å². The Morgan fingerprint density at radius 2 is 1.68 bits per heavy atom. The monoisotopic (exact) mass is 266 g/mol. The molecule has 0 aromatic carbocycles. The maximum Gasteiger partial charge on any atom is 0.0251 e. The second-order valence-electron chi connectivity index (χ2n) is 6.86. The standard InChI is InChI=1S/C17H34N2/c1-4-14-11-12-16(18-2)17(13-14)19(3)15-9-7-5-6-8-10-15/h14-18H,4-13H2,1-3H3. The molecule has 0 bridgehead atoms. The van der Waals surface area contributed by atoms with Crippen molar-refractivity contribution in [1.29, 1.82) is 0 Å². The number of nitrogens with zero attached hydrogens (tertiary/aromatic N) is 1. The molecule has 0 aromatic heterocycles. The van der Waals surface area contributed by atoms with Gasteiger partial charge in [0.2, 0.25) is 0 Å². The van der Waals surface area contributed by atoms with E-state index in [1.165, 1.54) is 64.2 Å². The number of likely N-dealkylation sites (N-methyl/N-ethyl adjacent to an activating group) is 2. The van der Waals surface area contributed by atoms with Gasteiger partial charge in [-0.3, -0.25) is 4.90 Å². The Morgan fingerprint density at radius 1 is 1.00 bits per heavy atom. The van der Waals surface area contributed by atoms with Crippen LogP contribution in [-0.2, 0) is 0 Å². The normalized spacial score (nSPS) is 34.4. The van der Waals surface area contributed by atoms with Crippen LogP contribution in [0, 0.1) is 5.92 Å². The average Bonchev–Trinajstić information content (AvgIpc) is 2.74. The Morgan fingerprint density at radius 3 is 2.26 bits per heavy atom. The average molecular weight is 266 g/mol. The smallest absolute Gasteiger partial charge is 0.0251 e. The molecule has 0 spiro atoms. The summed E-state index contributed by atoms with van der Waals surface area (Å²) in [6, 6.07) is 2.34. The molecule has 3 unspecified atom stereocenters. The van der Waals surface area contributed by atoms with Crippen molar-refractivity contribution in [1.82, 2.24) is 10.2 Å². The van der Waals surface area contributed by atoms with Crippen LogP contribution in [0.4, 0.5) is 0 Å². The molecule has 0 aromatic rings. The van der Waals surface area contributed by atoms with E-state index in [-0.39, 0.29) is 0 Å². The summed E-state index contributed by atoms with van der Waals surface area (Å²) in [5.74, 6) is 0.961. The van der Waals surface area contributed by atoms with Gasteiger partial charge in [-0.1, -0.05) is 39.0 Å². The maximum atomic E-state index is 3.59. The molecule has 112 valence electrons. The highest BCUT2D eigenvalue weighted by Gasteiger charge is 2.34. The molecule has 2 aliphatic carbocycles. The Kier molecular flexibility index (Phi) is 6.15. The van der Waals surface area contributed by atoms with Crippen LogP contribution in [0.25, 0.3) is 0 Å². The van der Waals surface area contributed by atoms with Crippen LogP contribution in [0.5, 0.6) is 0 Å². The quantitative estimate of drug-likeness (QED) is 0.779. The lowest BCUT2D eigenvalue weighted by Crippen LogP contribution is -2.54. The van der Waals surface area contributed by atoms with Gasteiger partial charge < -0.3 is 5.32 Å². The van der Waals surface area contributed by atoms with E-state index < -0.39 is 0 Å². The van der Waals surface area contributed by atoms with Gasteiger partial charge >= 0.3 is 0 Å². The molecule has 0 aliphatic heterocycles. The molecule has 2 heteroatoms. The molecule has 0 radical (unpaired) electrons. The van der Waals surface area contributed by atoms with Crippen LogP contribution in [0.1, 0.15) is 71.1 Å². The minimum atomic E-state index is 0.719. The van der Waals surface area contributed by atoms with Gasteiger partial charge in [0.15, 0.2) is 0 Å². The van der Waals surface area contributed by atoms with E-state index in [9.17, 15) is 0 Å². The summed E-state index contributed by atoms with van der Waals surface area (Å²) >= 11 is 0. The first kappa shape index (κ1) is 15.3. The zero-order valence-corrected chi connectivity index (χ0v) is 13.3. The predicted molar refractivity (Wildman–Crippen MR) is 83.5 cm³/mol. The van der Waals surface area contributed by atoms with Crippen LogP contribution in [-0.4, -0.2) is 37.1 Å². The van der Waals surface area contributed by atoms with Crippen molar-refractivity contribution in [2.24, 2.45) is 5.92 Å². The van der Waals surface area contributed by atoms with Crippen LogP contribution in [0.3, 0.4) is 0 Å². The van der Waals surface area contributed by atoms with E-state index in [0.717, 1.165) is 24.0 Å². The van der Waals surface area contributed by atoms with E-state index in [0.29, 0.717) is 0 Å². The van der Waals surface area contributed by atoms with Crippen LogP contribution < -0.4 is 5.32 Å². The van der Waals surface area contributed by atoms with Gasteiger partial charge in [-0.15, -0.1) is 0 Å². The number of rotatable bonds is 4. The summed E-state index contributed by atoms with van der Waals surface area (Å²) in [6.45, 7) is 2.37. The molecule has 2 aliphatic rings. The fourth-order valence-electron chi connectivity index (χ4n) is 4.32. The first-order valence-electron chi connectivity index (χ1n) is 8.65. The summed E-state index contributed by atoms with van der Waals surface area (Å²) in [5.41, 5.74) is 0. The summed E-state index contributed by atoms with van der Waals surface area (Å²) in [6.07, 6.45) is 14.3. The summed E-state index contributed by atoms with van der Waals surface area (Å²) in [4.78, 5) is 2.76. The van der Waals surface area contributed by atoms with Crippen molar-refractivity contribution >= 4 is 0 Å². The first-order valence-corrected chi connectivity index (χ1v) is 8.65. The zero-order chi connectivity index (χ0) is 13.7. The van der Waals surface area contributed by atoms with Crippen molar-refractivity contribution < 1.29 is 0 Å². The lowest BCUT2D eigenvalue weighted by molar-refractivity contribution is 0.0784. The highest BCUT2D eigenvalue weighted by atomic mass is 15.2. The number of hydrogen-bond donors (Lipinski definition) is 1. The Bertz CT molecular complexity index is 246. The van der Waals surface area contributed by atoms with Gasteiger partial charge in [0, 0.05) is 18.1 Å². The van der Waals surface area contributed by atoms with Crippen molar-refractivity contribution in [3.8, 4) is 0 Å². The number of nitrogens with one attached hydrogen (secondary N) is 1. The van der Waals surface area contributed by atoms with Crippen molar-refractivity contribution in [3.05, 3.63) is 0 Å². The second kappa shape index (κ2) is 7.64. The maximum absolute atomic E-state index is 3.59. The van der Waals surface area contributed by atoms with Crippen LogP contribution in [0.15, 0.2) is 0 Å². The molecule has 19 heavy (non-hydrogen) atoms. The highest BCUT2D eigenvalue weighted by Crippen LogP contribution is 2.32. The fraction of sp³-hybridized carbons (Fsp3) is 1.00. The molecule has 2 rings (SSSR count). The molecule has 3 atom stereocenters. The van der Waals surface area contributed by atoms with E-state index in [1.807, 2.05) is 0 Å². The molecular weight excluding hydrogens is 232 g/mol. The molecule has 0 heterocycles. The SMILES string of the molecule is CCC1CCC(NC)C(N(C)C2CCCCCC2)C1. The topological polar surface area (TPSA) is 15.3 Å². The lowest BCUT2D eigenvalue weighted by atomic mass is 9.79. The minimum Gasteiger partial charge on any atom is -0.315 e. The fourth-order valence-corrected chi connectivity index (χ4v) is 4.32. The molecular formula is C17H34N2. The van der Waals surface area contributed by atoms with Gasteiger partial charge in [0.25, 0.3) is 0 Å².